The molecular weight excluding hydrogens is 318 g/mol. The van der Waals surface area contributed by atoms with Crippen molar-refractivity contribution in [1.82, 2.24) is 14.8 Å². The molecule has 0 spiro atoms. The van der Waals surface area contributed by atoms with Crippen LogP contribution in [-0.4, -0.2) is 35.1 Å². The lowest BCUT2D eigenvalue weighted by molar-refractivity contribution is 0.179. The number of piperidine rings is 1. The number of benzene rings is 1. The van der Waals surface area contributed by atoms with Gasteiger partial charge in [-0.25, -0.2) is 9.59 Å². The molecule has 1 aliphatic heterocycles. The number of hydrogen-bond acceptors (Lipinski definition) is 3. The lowest BCUT2D eigenvalue weighted by Crippen LogP contribution is -2.45. The van der Waals surface area contributed by atoms with Gasteiger partial charge in [-0.15, -0.1) is 0 Å². The summed E-state index contributed by atoms with van der Waals surface area (Å²) < 4.78 is 6.80. The second-order valence-electron chi connectivity index (χ2n) is 6.88. The number of fused-ring (bicyclic) bond motifs is 1. The molecule has 6 nitrogen and oxygen atoms in total. The number of rotatable bonds is 5. The number of nitrogens with zero attached hydrogens (tertiary/aromatic N) is 2. The molecule has 1 unspecified atom stereocenters. The number of likely N-dealkylation sites (tertiary alicyclic amines) is 1. The summed E-state index contributed by atoms with van der Waals surface area (Å²) in [4.78, 5) is 25.9. The summed E-state index contributed by atoms with van der Waals surface area (Å²) in [6, 6.07) is 5.96. The average molecular weight is 345 g/mol. The van der Waals surface area contributed by atoms with E-state index in [9.17, 15) is 9.59 Å². The highest BCUT2D eigenvalue weighted by atomic mass is 16.4. The molecule has 1 aromatic heterocycles. The molecule has 0 radical (unpaired) electrons. The molecule has 0 bridgehead atoms. The van der Waals surface area contributed by atoms with Crippen molar-refractivity contribution in [2.24, 2.45) is 7.05 Å². The number of nitrogens with one attached hydrogen (secondary N) is 1. The van der Waals surface area contributed by atoms with E-state index in [1.165, 1.54) is 4.57 Å². The Balaban J connectivity index is 1.66. The zero-order valence-corrected chi connectivity index (χ0v) is 15.1. The molecule has 0 saturated carbocycles. The quantitative estimate of drug-likeness (QED) is 0.846. The van der Waals surface area contributed by atoms with Gasteiger partial charge in [0.1, 0.15) is 0 Å². The second-order valence-corrected chi connectivity index (χ2v) is 6.88. The number of oxazole rings is 1. The van der Waals surface area contributed by atoms with E-state index in [0.717, 1.165) is 56.3 Å². The molecule has 2 aromatic rings. The zero-order chi connectivity index (χ0) is 17.8. The fraction of sp³-hybridized carbons (Fsp3) is 0.579. The maximum absolute atomic E-state index is 12.4. The van der Waals surface area contributed by atoms with Crippen LogP contribution in [0.25, 0.3) is 11.1 Å². The van der Waals surface area contributed by atoms with Gasteiger partial charge in [-0.2, -0.15) is 0 Å². The van der Waals surface area contributed by atoms with Crippen molar-refractivity contribution >= 4 is 17.1 Å². The van der Waals surface area contributed by atoms with Crippen molar-refractivity contribution in [3.8, 4) is 0 Å². The van der Waals surface area contributed by atoms with Gasteiger partial charge in [0.2, 0.25) is 0 Å². The van der Waals surface area contributed by atoms with Crippen LogP contribution in [0.3, 0.4) is 0 Å². The number of aromatic nitrogens is 1. The molecule has 1 aromatic carbocycles. The molecule has 1 saturated heterocycles. The third kappa shape index (κ3) is 3.89. The SMILES string of the molecule is CCCCCNC(=O)N1CCCC(c2ccc3c(c2)oc(=O)n3C)C1. The predicted molar refractivity (Wildman–Crippen MR) is 97.9 cm³/mol. The minimum atomic E-state index is -0.344. The molecule has 0 aliphatic carbocycles. The molecule has 2 heterocycles. The molecule has 6 heteroatoms. The first-order valence-corrected chi connectivity index (χ1v) is 9.22. The van der Waals surface area contributed by atoms with Gasteiger partial charge in [-0.1, -0.05) is 25.8 Å². The highest BCUT2D eigenvalue weighted by Crippen LogP contribution is 2.29. The molecule has 136 valence electrons. The standard InChI is InChI=1S/C19H27N3O3/c1-3-4-5-10-20-18(23)22-11-6-7-15(13-22)14-8-9-16-17(12-14)25-19(24)21(16)2/h8-9,12,15H,3-7,10-11,13H2,1-2H3,(H,20,23). The smallest absolute Gasteiger partial charge is 0.408 e. The van der Waals surface area contributed by atoms with E-state index in [2.05, 4.69) is 12.2 Å². The number of urea groups is 1. The largest absolute Gasteiger partial charge is 0.419 e. The van der Waals surface area contributed by atoms with E-state index < -0.39 is 0 Å². The van der Waals surface area contributed by atoms with E-state index in [0.29, 0.717) is 12.1 Å². The summed E-state index contributed by atoms with van der Waals surface area (Å²) in [5.41, 5.74) is 2.55. The molecule has 2 amide bonds. The van der Waals surface area contributed by atoms with Gasteiger partial charge in [0.15, 0.2) is 5.58 Å². The summed E-state index contributed by atoms with van der Waals surface area (Å²) in [7, 11) is 1.71. The maximum Gasteiger partial charge on any atom is 0.419 e. The van der Waals surface area contributed by atoms with Crippen molar-refractivity contribution in [1.29, 1.82) is 0 Å². The van der Waals surface area contributed by atoms with Crippen molar-refractivity contribution < 1.29 is 9.21 Å². The molecule has 1 fully saturated rings. The van der Waals surface area contributed by atoms with Crippen molar-refractivity contribution in [3.05, 3.63) is 34.3 Å². The highest BCUT2D eigenvalue weighted by Gasteiger charge is 2.25. The number of amides is 2. The second kappa shape index (κ2) is 7.76. The first-order valence-electron chi connectivity index (χ1n) is 9.22. The van der Waals surface area contributed by atoms with Crippen LogP contribution in [0, 0.1) is 0 Å². The summed E-state index contributed by atoms with van der Waals surface area (Å²) in [5, 5.41) is 3.02. The number of unbranched alkanes of at least 4 members (excludes halogenated alkanes) is 2. The Labute approximate surface area is 147 Å². The van der Waals surface area contributed by atoms with Crippen molar-refractivity contribution in [2.75, 3.05) is 19.6 Å². The minimum absolute atomic E-state index is 0.0353. The lowest BCUT2D eigenvalue weighted by Gasteiger charge is -2.33. The third-order valence-electron chi connectivity index (χ3n) is 5.05. The van der Waals surface area contributed by atoms with Crippen LogP contribution in [0.5, 0.6) is 0 Å². The van der Waals surface area contributed by atoms with Crippen LogP contribution in [0.4, 0.5) is 4.79 Å². The Hall–Kier alpha value is -2.24. The Morgan fingerprint density at radius 3 is 3.00 bits per heavy atom. The van der Waals surface area contributed by atoms with Crippen LogP contribution < -0.4 is 11.1 Å². The molecule has 3 rings (SSSR count). The number of hydrogen-bond donors (Lipinski definition) is 1. The summed E-state index contributed by atoms with van der Waals surface area (Å²) in [6.45, 7) is 4.42. The first-order chi connectivity index (χ1) is 12.1. The topological polar surface area (TPSA) is 67.5 Å². The van der Waals surface area contributed by atoms with Gasteiger partial charge in [-0.3, -0.25) is 4.57 Å². The van der Waals surface area contributed by atoms with Gasteiger partial charge in [0.25, 0.3) is 0 Å². The predicted octanol–water partition coefficient (Wildman–Crippen LogP) is 3.21. The van der Waals surface area contributed by atoms with Crippen LogP contribution in [0.1, 0.15) is 50.5 Å². The van der Waals surface area contributed by atoms with Gasteiger partial charge in [-0.05, 0) is 37.0 Å². The highest BCUT2D eigenvalue weighted by molar-refractivity contribution is 5.75. The average Bonchev–Trinajstić information content (AvgIpc) is 2.92. The fourth-order valence-electron chi connectivity index (χ4n) is 3.52. The van der Waals surface area contributed by atoms with Gasteiger partial charge in [0, 0.05) is 32.6 Å². The van der Waals surface area contributed by atoms with E-state index in [1.54, 1.807) is 7.05 Å². The van der Waals surface area contributed by atoms with E-state index in [1.807, 2.05) is 23.1 Å². The molecular formula is C19H27N3O3. The first kappa shape index (κ1) is 17.6. The van der Waals surface area contributed by atoms with Gasteiger partial charge in [0.05, 0.1) is 5.52 Å². The number of carbonyl (C=O) groups excluding carboxylic acids is 1. The monoisotopic (exact) mass is 345 g/mol. The molecule has 1 aliphatic rings. The summed E-state index contributed by atoms with van der Waals surface area (Å²) >= 11 is 0. The van der Waals surface area contributed by atoms with E-state index >= 15 is 0 Å². The number of carbonyl (C=O) groups is 1. The van der Waals surface area contributed by atoms with Crippen LogP contribution in [-0.2, 0) is 7.05 Å². The normalized spacial score (nSPS) is 17.8. The fourth-order valence-corrected chi connectivity index (χ4v) is 3.52. The van der Waals surface area contributed by atoms with Crippen LogP contribution >= 0.6 is 0 Å². The number of aryl methyl sites for hydroxylation is 1. The molecule has 1 N–H and O–H groups in total. The molecule has 25 heavy (non-hydrogen) atoms. The van der Waals surface area contributed by atoms with Gasteiger partial charge < -0.3 is 14.6 Å². The van der Waals surface area contributed by atoms with E-state index in [4.69, 9.17) is 4.42 Å². The maximum atomic E-state index is 12.4. The minimum Gasteiger partial charge on any atom is -0.408 e. The third-order valence-corrected chi connectivity index (χ3v) is 5.05. The Morgan fingerprint density at radius 1 is 1.36 bits per heavy atom. The van der Waals surface area contributed by atoms with Crippen LogP contribution in [0.2, 0.25) is 0 Å². The molecule has 1 atom stereocenters. The Bertz CT molecular complexity index is 793. The zero-order valence-electron chi connectivity index (χ0n) is 15.1. The van der Waals surface area contributed by atoms with Crippen LogP contribution in [0.15, 0.2) is 27.4 Å². The van der Waals surface area contributed by atoms with Gasteiger partial charge >= 0.3 is 11.8 Å². The summed E-state index contributed by atoms with van der Waals surface area (Å²) in [5.74, 6) is -0.0612. The van der Waals surface area contributed by atoms with E-state index in [-0.39, 0.29) is 17.7 Å². The Morgan fingerprint density at radius 2 is 2.20 bits per heavy atom. The van der Waals surface area contributed by atoms with Crippen molar-refractivity contribution in [2.45, 2.75) is 44.9 Å². The summed E-state index contributed by atoms with van der Waals surface area (Å²) in [6.07, 6.45) is 5.36. The Kier molecular flexibility index (Phi) is 5.46. The lowest BCUT2D eigenvalue weighted by atomic mass is 9.90. The van der Waals surface area contributed by atoms with Crippen molar-refractivity contribution in [3.63, 3.8) is 0 Å².